The molecule has 1 aliphatic rings. The van der Waals surface area contributed by atoms with E-state index in [1.807, 2.05) is 13.8 Å². The van der Waals surface area contributed by atoms with E-state index in [0.717, 1.165) is 6.42 Å². The summed E-state index contributed by atoms with van der Waals surface area (Å²) in [5, 5.41) is 14.0. The second-order valence-corrected chi connectivity index (χ2v) is 16.4. The maximum absolute atomic E-state index is 14.4. The van der Waals surface area contributed by atoms with E-state index in [1.165, 1.54) is 59.8 Å². The van der Waals surface area contributed by atoms with Crippen molar-refractivity contribution in [1.82, 2.24) is 14.4 Å². The van der Waals surface area contributed by atoms with Crippen molar-refractivity contribution in [1.29, 1.82) is 0 Å². The first-order valence-corrected chi connectivity index (χ1v) is 19.4. The van der Waals surface area contributed by atoms with Crippen LogP contribution in [-0.4, -0.2) is 101 Å². The first kappa shape index (κ1) is 39.1. The molecule has 2 aromatic carbocycles. The van der Waals surface area contributed by atoms with E-state index in [0.29, 0.717) is 25.2 Å². The number of fused-ring (bicyclic) bond motifs is 1. The number of carbonyl (C=O) groups excluding carboxylic acids is 1. The van der Waals surface area contributed by atoms with Crippen LogP contribution >= 0.6 is 0 Å². The summed E-state index contributed by atoms with van der Waals surface area (Å²) in [4.78, 5) is 15.9. The van der Waals surface area contributed by atoms with E-state index < -0.39 is 44.0 Å². The molecular weight excluding hydrogens is 689 g/mol. The minimum atomic E-state index is -4.03. The van der Waals surface area contributed by atoms with Gasteiger partial charge in [-0.2, -0.15) is 4.31 Å². The number of aliphatic hydroxyl groups is 1. The Morgan fingerprint density at radius 1 is 1.10 bits per heavy atom. The summed E-state index contributed by atoms with van der Waals surface area (Å²) in [6, 6.07) is 9.76. The number of ether oxygens (including phenoxy) is 3. The van der Waals surface area contributed by atoms with Crippen LogP contribution < -0.4 is 14.2 Å². The van der Waals surface area contributed by atoms with Gasteiger partial charge in [-0.25, -0.2) is 16.8 Å². The van der Waals surface area contributed by atoms with Gasteiger partial charge in [-0.05, 0) is 89.4 Å². The van der Waals surface area contributed by atoms with Crippen LogP contribution in [0.4, 0.5) is 5.69 Å². The van der Waals surface area contributed by atoms with Crippen LogP contribution in [-0.2, 0) is 24.8 Å². The number of nitrogens with one attached hydrogen (secondary N) is 1. The number of hydrogen-bond donors (Lipinski definition) is 2. The van der Waals surface area contributed by atoms with Crippen molar-refractivity contribution in [2.45, 2.75) is 81.9 Å². The molecule has 0 aliphatic carbocycles. The van der Waals surface area contributed by atoms with Crippen molar-refractivity contribution in [3.63, 3.8) is 0 Å². The van der Waals surface area contributed by atoms with Crippen molar-refractivity contribution in [2.24, 2.45) is 5.92 Å². The Bertz CT molecular complexity index is 1810. The molecule has 0 saturated carbocycles. The Balaban J connectivity index is 1.68. The van der Waals surface area contributed by atoms with Crippen LogP contribution in [0, 0.1) is 19.8 Å². The van der Waals surface area contributed by atoms with Gasteiger partial charge in [0.1, 0.15) is 22.1 Å². The highest BCUT2D eigenvalue weighted by atomic mass is 32.2. The average Bonchev–Trinajstić information content (AvgIpc) is 3.43. The number of likely N-dealkylation sites (N-methyl/N-ethyl adjacent to an activating group) is 1. The quantitative estimate of drug-likeness (QED) is 0.305. The summed E-state index contributed by atoms with van der Waals surface area (Å²) >= 11 is 0. The molecular formula is C34H48N4O10S2. The molecule has 0 spiro atoms. The molecule has 276 valence electrons. The number of benzene rings is 2. The molecule has 1 aliphatic heterocycles. The van der Waals surface area contributed by atoms with Gasteiger partial charge in [-0.3, -0.25) is 9.52 Å². The summed E-state index contributed by atoms with van der Waals surface area (Å²) in [5.74, 6) is 0.0500. The molecule has 50 heavy (non-hydrogen) atoms. The van der Waals surface area contributed by atoms with Gasteiger partial charge in [-0.15, -0.1) is 0 Å². The van der Waals surface area contributed by atoms with Crippen molar-refractivity contribution < 1.29 is 45.5 Å². The highest BCUT2D eigenvalue weighted by Gasteiger charge is 2.34. The maximum atomic E-state index is 14.4. The Kier molecular flexibility index (Phi) is 12.9. The fourth-order valence-electron chi connectivity index (χ4n) is 5.77. The van der Waals surface area contributed by atoms with Gasteiger partial charge < -0.3 is 28.7 Å². The van der Waals surface area contributed by atoms with Crippen LogP contribution in [0.2, 0.25) is 0 Å². The number of sulfonamides is 2. The summed E-state index contributed by atoms with van der Waals surface area (Å²) in [5.41, 5.74) is 0.498. The minimum absolute atomic E-state index is 0.00302. The van der Waals surface area contributed by atoms with Crippen LogP contribution in [0.3, 0.4) is 0 Å². The van der Waals surface area contributed by atoms with Crippen molar-refractivity contribution in [3.8, 4) is 11.5 Å². The van der Waals surface area contributed by atoms with E-state index in [2.05, 4.69) is 9.88 Å². The largest absolute Gasteiger partial charge is 0.497 e. The first-order chi connectivity index (χ1) is 23.6. The van der Waals surface area contributed by atoms with Gasteiger partial charge in [0.15, 0.2) is 5.76 Å². The zero-order valence-electron chi connectivity index (χ0n) is 29.6. The normalized spacial score (nSPS) is 20.5. The number of rotatable bonds is 10. The predicted octanol–water partition coefficient (Wildman–Crippen LogP) is 4.22. The van der Waals surface area contributed by atoms with E-state index in [1.54, 1.807) is 26.8 Å². The van der Waals surface area contributed by atoms with E-state index in [-0.39, 0.29) is 64.0 Å². The third-order valence-corrected chi connectivity index (χ3v) is 12.2. The van der Waals surface area contributed by atoms with Crippen LogP contribution in [0.5, 0.6) is 11.5 Å². The Morgan fingerprint density at radius 3 is 2.42 bits per heavy atom. The van der Waals surface area contributed by atoms with Crippen molar-refractivity contribution in [3.05, 3.63) is 59.5 Å². The Hall–Kier alpha value is -3.70. The number of amides is 1. The monoisotopic (exact) mass is 736 g/mol. The standard InChI is InChI=1S/C34H48N4O10S2/c1-22-19-38(23(2)21-39)34(40)30-18-27(36-49(41,42)29-14-12-28(45-7)13-15-29)11-16-31(30)47-24(3)10-8-9-17-46-32(22)20-37(6)50(43,44)33-25(4)35-48-26(33)5/h11-16,18,22-24,32,36,39H,8-10,17,19-21H2,1-7H3/t22-,23+,24+,32-/m0/s1. The fraction of sp³-hybridized carbons (Fsp3) is 0.529. The number of carbonyl (C=O) groups is 1. The molecule has 0 bridgehead atoms. The molecule has 14 nitrogen and oxygen atoms in total. The lowest BCUT2D eigenvalue weighted by atomic mass is 10.0. The van der Waals surface area contributed by atoms with E-state index in [4.69, 9.17) is 18.7 Å². The number of aliphatic hydroxyl groups excluding tert-OH is 1. The zero-order chi connectivity index (χ0) is 36.8. The third kappa shape index (κ3) is 9.15. The SMILES string of the molecule is COc1ccc(S(=O)(=O)Nc2ccc3c(c2)C(=O)N([C@H](C)CO)C[C@H](C)[C@H](CN(C)S(=O)(=O)c2c(C)noc2C)OCCCC[C@@H](C)O3)cc1. The number of aryl methyl sites for hydroxylation is 2. The third-order valence-electron chi connectivity index (χ3n) is 8.75. The van der Waals surface area contributed by atoms with Gasteiger partial charge in [0.25, 0.3) is 15.9 Å². The lowest BCUT2D eigenvalue weighted by Gasteiger charge is -2.35. The number of nitrogens with zero attached hydrogens (tertiary/aromatic N) is 3. The summed E-state index contributed by atoms with van der Waals surface area (Å²) in [6.07, 6.45) is 1.14. The van der Waals surface area contributed by atoms with Gasteiger partial charge >= 0.3 is 0 Å². The molecule has 3 aromatic rings. The molecule has 0 unspecified atom stereocenters. The smallest absolute Gasteiger partial charge is 0.261 e. The van der Waals surface area contributed by atoms with Crippen LogP contribution in [0.25, 0.3) is 0 Å². The van der Waals surface area contributed by atoms with Crippen molar-refractivity contribution in [2.75, 3.05) is 45.2 Å². The summed E-state index contributed by atoms with van der Waals surface area (Å²) in [7, 11) is -5.06. The fourth-order valence-corrected chi connectivity index (χ4v) is 8.28. The van der Waals surface area contributed by atoms with Crippen LogP contribution in [0.1, 0.15) is 61.8 Å². The van der Waals surface area contributed by atoms with Gasteiger partial charge in [0.05, 0.1) is 42.4 Å². The molecule has 0 saturated heterocycles. The van der Waals surface area contributed by atoms with Crippen LogP contribution in [0.15, 0.2) is 56.8 Å². The van der Waals surface area contributed by atoms with Gasteiger partial charge in [-0.1, -0.05) is 12.1 Å². The van der Waals surface area contributed by atoms with E-state index >= 15 is 0 Å². The molecule has 2 N–H and O–H groups in total. The second kappa shape index (κ2) is 16.5. The average molecular weight is 737 g/mol. The summed E-state index contributed by atoms with van der Waals surface area (Å²) < 4.78 is 80.2. The predicted molar refractivity (Wildman–Crippen MR) is 186 cm³/mol. The number of methoxy groups -OCH3 is 1. The molecule has 16 heteroatoms. The van der Waals surface area contributed by atoms with E-state index in [9.17, 15) is 26.7 Å². The molecule has 4 rings (SSSR count). The summed E-state index contributed by atoms with van der Waals surface area (Å²) in [6.45, 7) is 8.61. The highest BCUT2D eigenvalue weighted by molar-refractivity contribution is 7.92. The molecule has 0 fully saturated rings. The highest BCUT2D eigenvalue weighted by Crippen LogP contribution is 2.30. The Morgan fingerprint density at radius 2 is 1.80 bits per heavy atom. The number of hydrogen-bond acceptors (Lipinski definition) is 11. The molecule has 0 radical (unpaired) electrons. The Labute approximate surface area is 294 Å². The zero-order valence-corrected chi connectivity index (χ0v) is 31.2. The lowest BCUT2D eigenvalue weighted by Crippen LogP contribution is -2.48. The molecule has 4 atom stereocenters. The lowest BCUT2D eigenvalue weighted by molar-refractivity contribution is -0.00835. The molecule has 2 heterocycles. The second-order valence-electron chi connectivity index (χ2n) is 12.7. The van der Waals surface area contributed by atoms with Gasteiger partial charge in [0, 0.05) is 38.3 Å². The first-order valence-electron chi connectivity index (χ1n) is 16.5. The molecule has 1 amide bonds. The van der Waals surface area contributed by atoms with Gasteiger partial charge in [0.2, 0.25) is 10.0 Å². The minimum Gasteiger partial charge on any atom is -0.497 e. The molecule has 1 aromatic heterocycles. The number of aromatic nitrogens is 1. The maximum Gasteiger partial charge on any atom is 0.261 e. The number of anilines is 1. The topological polar surface area (TPSA) is 178 Å². The van der Waals surface area contributed by atoms with Crippen molar-refractivity contribution >= 4 is 31.6 Å².